The Hall–Kier alpha value is -2.15. The third-order valence-electron chi connectivity index (χ3n) is 3.24. The summed E-state index contributed by atoms with van der Waals surface area (Å²) in [5, 5.41) is 22.8. The van der Waals surface area contributed by atoms with Crippen molar-refractivity contribution < 1.29 is 19.6 Å². The van der Waals surface area contributed by atoms with Gasteiger partial charge in [0.25, 0.3) is 5.69 Å². The number of carboxylic acids is 1. The van der Waals surface area contributed by atoms with Crippen LogP contribution in [0.15, 0.2) is 18.2 Å². The quantitative estimate of drug-likeness (QED) is 0.633. The summed E-state index contributed by atoms with van der Waals surface area (Å²) in [5.74, 6) is -1.18. The van der Waals surface area contributed by atoms with E-state index in [-0.39, 0.29) is 17.4 Å². The molecule has 2 rings (SSSR count). The monoisotopic (exact) mass is 280 g/mol. The number of rotatable bonds is 5. The van der Waals surface area contributed by atoms with Crippen LogP contribution in [0.5, 0.6) is 0 Å². The van der Waals surface area contributed by atoms with E-state index in [1.54, 1.807) is 0 Å². The minimum Gasteiger partial charge on any atom is -0.478 e. The van der Waals surface area contributed by atoms with Gasteiger partial charge in [0, 0.05) is 19.2 Å². The Labute approximate surface area is 115 Å². The standard InChI is InChI=1S/C13H16N2O5/c16-13(17)9-4-5-11(12(7-9)15(18)19)14-8-10-3-1-2-6-20-10/h4-5,7,10,14H,1-3,6,8H2,(H,16,17). The molecular weight excluding hydrogens is 264 g/mol. The Morgan fingerprint density at radius 2 is 2.30 bits per heavy atom. The van der Waals surface area contributed by atoms with Crippen LogP contribution in [-0.2, 0) is 4.74 Å². The van der Waals surface area contributed by atoms with E-state index in [0.29, 0.717) is 18.8 Å². The summed E-state index contributed by atoms with van der Waals surface area (Å²) >= 11 is 0. The number of aromatic carboxylic acids is 1. The maximum Gasteiger partial charge on any atom is 0.335 e. The highest BCUT2D eigenvalue weighted by Gasteiger charge is 2.19. The zero-order chi connectivity index (χ0) is 14.5. The van der Waals surface area contributed by atoms with Gasteiger partial charge >= 0.3 is 5.97 Å². The lowest BCUT2D eigenvalue weighted by molar-refractivity contribution is -0.384. The molecule has 0 amide bonds. The molecule has 1 unspecified atom stereocenters. The minimum atomic E-state index is -1.18. The van der Waals surface area contributed by atoms with E-state index in [9.17, 15) is 14.9 Å². The van der Waals surface area contributed by atoms with Gasteiger partial charge in [-0.15, -0.1) is 0 Å². The summed E-state index contributed by atoms with van der Waals surface area (Å²) in [6, 6.07) is 3.83. The maximum atomic E-state index is 11.0. The van der Waals surface area contributed by atoms with Gasteiger partial charge in [-0.05, 0) is 31.4 Å². The van der Waals surface area contributed by atoms with Gasteiger partial charge in [0.2, 0.25) is 0 Å². The highest BCUT2D eigenvalue weighted by atomic mass is 16.6. The number of carboxylic acid groups (broad SMARTS) is 1. The van der Waals surface area contributed by atoms with Crippen molar-refractivity contribution in [3.05, 3.63) is 33.9 Å². The average Bonchev–Trinajstić information content (AvgIpc) is 2.45. The molecule has 1 atom stereocenters. The van der Waals surface area contributed by atoms with Crippen LogP contribution >= 0.6 is 0 Å². The van der Waals surface area contributed by atoms with Crippen LogP contribution in [-0.4, -0.2) is 35.3 Å². The number of nitrogens with one attached hydrogen (secondary N) is 1. The summed E-state index contributed by atoms with van der Waals surface area (Å²) in [5.41, 5.74) is -0.0222. The smallest absolute Gasteiger partial charge is 0.335 e. The third kappa shape index (κ3) is 3.45. The van der Waals surface area contributed by atoms with Crippen LogP contribution in [0.1, 0.15) is 29.6 Å². The molecule has 1 heterocycles. The summed E-state index contributed by atoms with van der Waals surface area (Å²) in [6.45, 7) is 1.19. The van der Waals surface area contributed by atoms with Crippen LogP contribution in [0.3, 0.4) is 0 Å². The summed E-state index contributed by atoms with van der Waals surface area (Å²) in [6.07, 6.45) is 3.10. The second-order valence-electron chi connectivity index (χ2n) is 4.66. The lowest BCUT2D eigenvalue weighted by Gasteiger charge is -2.23. The van der Waals surface area contributed by atoms with Crippen molar-refractivity contribution in [1.29, 1.82) is 0 Å². The van der Waals surface area contributed by atoms with E-state index < -0.39 is 10.9 Å². The first-order valence-electron chi connectivity index (χ1n) is 6.45. The first-order valence-corrected chi connectivity index (χ1v) is 6.45. The molecule has 7 heteroatoms. The van der Waals surface area contributed by atoms with E-state index in [2.05, 4.69) is 5.32 Å². The number of nitrogens with zero attached hydrogens (tertiary/aromatic N) is 1. The summed E-state index contributed by atoms with van der Waals surface area (Å²) in [4.78, 5) is 21.2. The zero-order valence-corrected chi connectivity index (χ0v) is 10.9. The highest BCUT2D eigenvalue weighted by molar-refractivity contribution is 5.89. The van der Waals surface area contributed by atoms with Gasteiger partial charge in [-0.25, -0.2) is 4.79 Å². The number of hydrogen-bond donors (Lipinski definition) is 2. The van der Waals surface area contributed by atoms with Crippen molar-refractivity contribution in [1.82, 2.24) is 0 Å². The Bertz CT molecular complexity index is 511. The van der Waals surface area contributed by atoms with Gasteiger partial charge < -0.3 is 15.2 Å². The molecule has 0 bridgehead atoms. The fourth-order valence-electron chi connectivity index (χ4n) is 2.16. The number of hydrogen-bond acceptors (Lipinski definition) is 5. The molecule has 7 nitrogen and oxygen atoms in total. The number of nitro groups is 1. The SMILES string of the molecule is O=C(O)c1ccc(NCC2CCCCO2)c([N+](=O)[O-])c1. The second kappa shape index (κ2) is 6.33. The van der Waals surface area contributed by atoms with Gasteiger partial charge in [0.15, 0.2) is 0 Å². The molecule has 0 spiro atoms. The number of carbonyl (C=O) groups is 1. The summed E-state index contributed by atoms with van der Waals surface area (Å²) < 4.78 is 5.54. The second-order valence-corrected chi connectivity index (χ2v) is 4.66. The van der Waals surface area contributed by atoms with Crippen molar-refractivity contribution in [2.24, 2.45) is 0 Å². The van der Waals surface area contributed by atoms with E-state index >= 15 is 0 Å². The maximum absolute atomic E-state index is 11.0. The predicted molar refractivity (Wildman–Crippen MR) is 72.1 cm³/mol. The predicted octanol–water partition coefficient (Wildman–Crippen LogP) is 2.27. The fraction of sp³-hybridized carbons (Fsp3) is 0.462. The minimum absolute atomic E-state index is 0.0440. The number of benzene rings is 1. The Kier molecular flexibility index (Phi) is 4.52. The van der Waals surface area contributed by atoms with Crippen molar-refractivity contribution in [3.63, 3.8) is 0 Å². The first kappa shape index (κ1) is 14.3. The Morgan fingerprint density at radius 3 is 2.90 bits per heavy atom. The van der Waals surface area contributed by atoms with E-state index in [0.717, 1.165) is 25.3 Å². The molecule has 1 aromatic rings. The molecule has 1 aliphatic rings. The van der Waals surface area contributed by atoms with Gasteiger partial charge in [-0.2, -0.15) is 0 Å². The lowest BCUT2D eigenvalue weighted by Crippen LogP contribution is -2.27. The molecule has 1 aliphatic heterocycles. The van der Waals surface area contributed by atoms with Gasteiger partial charge in [-0.1, -0.05) is 0 Å². The zero-order valence-electron chi connectivity index (χ0n) is 10.9. The van der Waals surface area contributed by atoms with Crippen molar-refractivity contribution in [2.45, 2.75) is 25.4 Å². The van der Waals surface area contributed by atoms with E-state index in [4.69, 9.17) is 9.84 Å². The van der Waals surface area contributed by atoms with Gasteiger partial charge in [0.05, 0.1) is 16.6 Å². The highest BCUT2D eigenvalue weighted by Crippen LogP contribution is 2.26. The topological polar surface area (TPSA) is 102 Å². The molecule has 1 saturated heterocycles. The van der Waals surface area contributed by atoms with Crippen LogP contribution in [0, 0.1) is 10.1 Å². The van der Waals surface area contributed by atoms with Crippen LogP contribution in [0.25, 0.3) is 0 Å². The lowest BCUT2D eigenvalue weighted by atomic mass is 10.1. The average molecular weight is 280 g/mol. The van der Waals surface area contributed by atoms with Gasteiger partial charge in [-0.3, -0.25) is 10.1 Å². The number of anilines is 1. The van der Waals surface area contributed by atoms with Crippen LogP contribution < -0.4 is 5.32 Å². The molecule has 0 aromatic heterocycles. The van der Waals surface area contributed by atoms with Crippen molar-refractivity contribution in [3.8, 4) is 0 Å². The molecule has 0 radical (unpaired) electrons. The van der Waals surface area contributed by atoms with Crippen molar-refractivity contribution >= 4 is 17.3 Å². The molecule has 108 valence electrons. The molecule has 2 N–H and O–H groups in total. The molecular formula is C13H16N2O5. The van der Waals surface area contributed by atoms with Gasteiger partial charge in [0.1, 0.15) is 5.69 Å². The Morgan fingerprint density at radius 1 is 1.50 bits per heavy atom. The number of nitro benzene ring substituents is 1. The van der Waals surface area contributed by atoms with Crippen molar-refractivity contribution in [2.75, 3.05) is 18.5 Å². The fourth-order valence-corrected chi connectivity index (χ4v) is 2.16. The first-order chi connectivity index (χ1) is 9.58. The summed E-state index contributed by atoms with van der Waals surface area (Å²) in [7, 11) is 0. The van der Waals surface area contributed by atoms with E-state index in [1.165, 1.54) is 12.1 Å². The molecule has 0 saturated carbocycles. The Balaban J connectivity index is 2.09. The molecule has 1 aromatic carbocycles. The molecule has 1 fully saturated rings. The van der Waals surface area contributed by atoms with E-state index in [1.807, 2.05) is 0 Å². The molecule has 20 heavy (non-hydrogen) atoms. The molecule has 0 aliphatic carbocycles. The van der Waals surface area contributed by atoms with Crippen LogP contribution in [0.2, 0.25) is 0 Å². The normalized spacial score (nSPS) is 18.5. The van der Waals surface area contributed by atoms with Crippen LogP contribution in [0.4, 0.5) is 11.4 Å². The third-order valence-corrected chi connectivity index (χ3v) is 3.24. The largest absolute Gasteiger partial charge is 0.478 e. The number of ether oxygens (including phenoxy) is 1.